The zero-order valence-corrected chi connectivity index (χ0v) is 16.2. The number of benzene rings is 1. The summed E-state index contributed by atoms with van der Waals surface area (Å²) < 4.78 is 5.81. The fraction of sp³-hybridized carbons (Fsp3) is 0.650. The van der Waals surface area contributed by atoms with Crippen molar-refractivity contribution >= 4 is 6.09 Å². The Balaban J connectivity index is 1.89. The van der Waals surface area contributed by atoms with Gasteiger partial charge in [-0.15, -0.1) is 0 Å². The highest BCUT2D eigenvalue weighted by Gasteiger charge is 2.66. The van der Waals surface area contributed by atoms with Gasteiger partial charge in [0.1, 0.15) is 0 Å². The number of nitrogens with one attached hydrogen (secondary N) is 1. The summed E-state index contributed by atoms with van der Waals surface area (Å²) in [7, 11) is 0. The van der Waals surface area contributed by atoms with Crippen molar-refractivity contribution in [3.8, 4) is 0 Å². The van der Waals surface area contributed by atoms with E-state index in [-0.39, 0.29) is 17.6 Å². The number of rotatable bonds is 3. The molecule has 0 bridgehead atoms. The number of ether oxygens (including phenoxy) is 1. The van der Waals surface area contributed by atoms with Gasteiger partial charge in [-0.1, -0.05) is 30.3 Å². The first-order valence-corrected chi connectivity index (χ1v) is 9.13. The molecule has 2 unspecified atom stereocenters. The molecule has 0 aliphatic carbocycles. The lowest BCUT2D eigenvalue weighted by Gasteiger charge is -2.54. The molecule has 1 amide bonds. The predicted molar refractivity (Wildman–Crippen MR) is 98.5 cm³/mol. The molecule has 6 nitrogen and oxygen atoms in total. The van der Waals surface area contributed by atoms with Gasteiger partial charge in [-0.2, -0.15) is 0 Å². The molecule has 2 aliphatic rings. The topological polar surface area (TPSA) is 82.0 Å². The molecular formula is C20H30N2O4. The summed E-state index contributed by atoms with van der Waals surface area (Å²) in [6, 6.07) is 9.13. The van der Waals surface area contributed by atoms with Gasteiger partial charge >= 0.3 is 6.09 Å². The highest BCUT2D eigenvalue weighted by molar-refractivity contribution is 5.72. The van der Waals surface area contributed by atoms with Crippen LogP contribution in [0.25, 0.3) is 0 Å². The first-order chi connectivity index (χ1) is 11.9. The maximum absolute atomic E-state index is 12.7. The van der Waals surface area contributed by atoms with Crippen LogP contribution in [0, 0.1) is 0 Å². The zero-order chi connectivity index (χ0) is 19.4. The van der Waals surface area contributed by atoms with Gasteiger partial charge < -0.3 is 20.3 Å². The van der Waals surface area contributed by atoms with Gasteiger partial charge in [0.2, 0.25) is 0 Å². The van der Waals surface area contributed by atoms with Crippen molar-refractivity contribution < 1.29 is 19.7 Å². The molecule has 1 spiro atoms. The minimum Gasteiger partial charge on any atom is -0.437 e. The van der Waals surface area contributed by atoms with Crippen LogP contribution in [0.3, 0.4) is 0 Å². The average molecular weight is 362 g/mol. The van der Waals surface area contributed by atoms with Crippen molar-refractivity contribution in [1.29, 1.82) is 0 Å². The van der Waals surface area contributed by atoms with Gasteiger partial charge in [-0.05, 0) is 40.2 Å². The summed E-state index contributed by atoms with van der Waals surface area (Å²) in [6.45, 7) is 9.77. The number of carbonyl (C=O) groups excluding carboxylic acids is 1. The van der Waals surface area contributed by atoms with Crippen molar-refractivity contribution in [2.45, 2.75) is 76.0 Å². The van der Waals surface area contributed by atoms with E-state index in [0.717, 1.165) is 0 Å². The summed E-state index contributed by atoms with van der Waals surface area (Å²) in [5, 5.41) is 25.5. The molecule has 2 heterocycles. The highest BCUT2D eigenvalue weighted by atomic mass is 16.6. The Kier molecular flexibility index (Phi) is 4.37. The summed E-state index contributed by atoms with van der Waals surface area (Å²) >= 11 is 0. The van der Waals surface area contributed by atoms with E-state index in [4.69, 9.17) is 4.74 Å². The van der Waals surface area contributed by atoms with E-state index in [2.05, 4.69) is 5.32 Å². The predicted octanol–water partition coefficient (Wildman–Crippen LogP) is 2.56. The standard InChI is InChI=1S/C20H30N2O4/c1-17(2)12-20(13-18(3,4)21-17)19(5,25)22(16(24)26-20)11-15(23)14-9-7-6-8-10-14/h6-10,15,21,23,25H,11-13H2,1-5H3. The van der Waals surface area contributed by atoms with Crippen LogP contribution < -0.4 is 5.32 Å². The van der Waals surface area contributed by atoms with Crippen LogP contribution in [-0.4, -0.2) is 50.2 Å². The molecule has 26 heavy (non-hydrogen) atoms. The molecule has 3 rings (SSSR count). The molecule has 1 aromatic rings. The first kappa shape index (κ1) is 19.1. The Hall–Kier alpha value is -1.63. The molecule has 2 aliphatic heterocycles. The van der Waals surface area contributed by atoms with Crippen LogP contribution in [0.4, 0.5) is 4.79 Å². The number of hydrogen-bond donors (Lipinski definition) is 3. The van der Waals surface area contributed by atoms with Gasteiger partial charge in [0.05, 0.1) is 12.6 Å². The fourth-order valence-corrected chi connectivity index (χ4v) is 4.85. The molecule has 0 saturated carbocycles. The molecule has 6 heteroatoms. The molecule has 2 saturated heterocycles. The van der Waals surface area contributed by atoms with E-state index in [0.29, 0.717) is 18.4 Å². The normalized spacial score (nSPS) is 30.3. The summed E-state index contributed by atoms with van der Waals surface area (Å²) in [6.07, 6.45) is -0.508. The number of hydrogen-bond acceptors (Lipinski definition) is 5. The summed E-state index contributed by atoms with van der Waals surface area (Å²) in [5.74, 6) is 0. The largest absolute Gasteiger partial charge is 0.437 e. The van der Waals surface area contributed by atoms with E-state index >= 15 is 0 Å². The maximum atomic E-state index is 12.7. The Labute approximate surface area is 155 Å². The van der Waals surface area contributed by atoms with Crippen LogP contribution >= 0.6 is 0 Å². The number of aliphatic hydroxyl groups excluding tert-OH is 1. The minimum atomic E-state index is -1.52. The van der Waals surface area contributed by atoms with Gasteiger partial charge in [0.15, 0.2) is 11.3 Å². The average Bonchev–Trinajstić information content (AvgIpc) is 2.64. The van der Waals surface area contributed by atoms with Crippen molar-refractivity contribution in [2.24, 2.45) is 0 Å². The molecular weight excluding hydrogens is 332 g/mol. The monoisotopic (exact) mass is 362 g/mol. The SMILES string of the molecule is CC1(C)CC2(CC(C)(C)N1)OC(=O)N(CC(O)c1ccccc1)C2(C)O. The Morgan fingerprint density at radius 1 is 1.12 bits per heavy atom. The number of piperidine rings is 1. The van der Waals surface area contributed by atoms with Crippen LogP contribution in [0.5, 0.6) is 0 Å². The van der Waals surface area contributed by atoms with Crippen LogP contribution in [-0.2, 0) is 4.74 Å². The van der Waals surface area contributed by atoms with Crippen LogP contribution in [0.15, 0.2) is 30.3 Å². The van der Waals surface area contributed by atoms with Gasteiger partial charge in [-0.25, -0.2) is 4.79 Å². The molecule has 2 fully saturated rings. The quantitative estimate of drug-likeness (QED) is 0.770. The number of carbonyl (C=O) groups is 1. The van der Waals surface area contributed by atoms with Crippen molar-refractivity contribution in [1.82, 2.24) is 10.2 Å². The Morgan fingerprint density at radius 3 is 2.19 bits per heavy atom. The van der Waals surface area contributed by atoms with E-state index in [1.165, 1.54) is 4.90 Å². The minimum absolute atomic E-state index is 0.0219. The van der Waals surface area contributed by atoms with Crippen LogP contribution in [0.2, 0.25) is 0 Å². The van der Waals surface area contributed by atoms with Gasteiger partial charge in [0.25, 0.3) is 0 Å². The van der Waals surface area contributed by atoms with E-state index in [1.54, 1.807) is 19.1 Å². The van der Waals surface area contributed by atoms with E-state index in [1.807, 2.05) is 45.9 Å². The number of aliphatic hydroxyl groups is 2. The number of β-amino-alcohol motifs (C(OH)–C–C–N with tert-alkyl or cyclic N) is 1. The second kappa shape index (κ2) is 5.94. The maximum Gasteiger partial charge on any atom is 0.413 e. The molecule has 1 aromatic carbocycles. The van der Waals surface area contributed by atoms with Crippen molar-refractivity contribution in [3.05, 3.63) is 35.9 Å². The third-order valence-corrected chi connectivity index (χ3v) is 5.56. The first-order valence-electron chi connectivity index (χ1n) is 9.13. The highest BCUT2D eigenvalue weighted by Crippen LogP contribution is 2.50. The second-order valence-electron chi connectivity index (χ2n) is 9.17. The Bertz CT molecular complexity index is 668. The third-order valence-electron chi connectivity index (χ3n) is 5.56. The zero-order valence-electron chi connectivity index (χ0n) is 16.2. The molecule has 0 aromatic heterocycles. The molecule has 2 atom stereocenters. The molecule has 3 N–H and O–H groups in total. The lowest BCUT2D eigenvalue weighted by Crippen LogP contribution is -2.70. The number of amides is 1. The van der Waals surface area contributed by atoms with Crippen molar-refractivity contribution in [2.75, 3.05) is 6.54 Å². The summed E-state index contributed by atoms with van der Waals surface area (Å²) in [4.78, 5) is 13.9. The smallest absolute Gasteiger partial charge is 0.413 e. The summed E-state index contributed by atoms with van der Waals surface area (Å²) in [5.41, 5.74) is -2.46. The second-order valence-corrected chi connectivity index (χ2v) is 9.17. The van der Waals surface area contributed by atoms with Crippen molar-refractivity contribution in [3.63, 3.8) is 0 Å². The Morgan fingerprint density at radius 2 is 1.65 bits per heavy atom. The van der Waals surface area contributed by atoms with Gasteiger partial charge in [-0.3, -0.25) is 4.90 Å². The van der Waals surface area contributed by atoms with Crippen LogP contribution in [0.1, 0.15) is 59.1 Å². The lowest BCUT2D eigenvalue weighted by atomic mass is 9.68. The van der Waals surface area contributed by atoms with Gasteiger partial charge in [0, 0.05) is 23.9 Å². The van der Waals surface area contributed by atoms with E-state index in [9.17, 15) is 15.0 Å². The lowest BCUT2D eigenvalue weighted by molar-refractivity contribution is -0.183. The number of nitrogens with zero attached hydrogens (tertiary/aromatic N) is 1. The third kappa shape index (κ3) is 3.21. The molecule has 0 radical (unpaired) electrons. The molecule has 144 valence electrons. The van der Waals surface area contributed by atoms with E-state index < -0.39 is 23.5 Å². The fourth-order valence-electron chi connectivity index (χ4n) is 4.85.